The first-order valence-corrected chi connectivity index (χ1v) is 8.58. The fraction of sp³-hybridized carbons (Fsp3) is 0.263. The number of hydrogen-bond acceptors (Lipinski definition) is 4. The number of amides is 1. The van der Waals surface area contributed by atoms with E-state index in [2.05, 4.69) is 5.10 Å². The molecule has 0 unspecified atom stereocenters. The van der Waals surface area contributed by atoms with Gasteiger partial charge in [-0.1, -0.05) is 17.7 Å². The highest BCUT2D eigenvalue weighted by atomic mass is 35.5. The molecule has 0 N–H and O–H groups in total. The van der Waals surface area contributed by atoms with Crippen molar-refractivity contribution in [3.05, 3.63) is 73.8 Å². The van der Waals surface area contributed by atoms with Gasteiger partial charge in [-0.2, -0.15) is 5.10 Å². The van der Waals surface area contributed by atoms with Crippen LogP contribution in [0.5, 0.6) is 0 Å². The van der Waals surface area contributed by atoms with Crippen LogP contribution in [0, 0.1) is 17.0 Å². The number of carbonyl (C=O) groups excluding carboxylic acids is 1. The van der Waals surface area contributed by atoms with E-state index in [4.69, 9.17) is 11.6 Å². The lowest BCUT2D eigenvalue weighted by Crippen LogP contribution is -2.33. The SMILES string of the molecule is CC(=O)N1N=C(c2ccc([N+](=O)[O-])c(C)c2)c2cc(Cl)ccc2C[C@H]1C. The van der Waals surface area contributed by atoms with Crippen molar-refractivity contribution in [1.82, 2.24) is 5.01 Å². The zero-order valence-electron chi connectivity index (χ0n) is 14.7. The Morgan fingerprint density at radius 3 is 2.65 bits per heavy atom. The molecule has 134 valence electrons. The van der Waals surface area contributed by atoms with Crippen LogP contribution in [0.25, 0.3) is 0 Å². The second-order valence-electron chi connectivity index (χ2n) is 6.43. The minimum atomic E-state index is -0.414. The van der Waals surface area contributed by atoms with Crippen LogP contribution in [0.2, 0.25) is 5.02 Å². The molecule has 0 fully saturated rings. The van der Waals surface area contributed by atoms with Crippen molar-refractivity contribution in [3.63, 3.8) is 0 Å². The van der Waals surface area contributed by atoms with Crippen LogP contribution in [0.1, 0.15) is 36.1 Å². The molecule has 0 aromatic heterocycles. The molecule has 1 atom stereocenters. The molecule has 6 nitrogen and oxygen atoms in total. The molecule has 1 aliphatic rings. The van der Waals surface area contributed by atoms with Gasteiger partial charge < -0.3 is 0 Å². The Morgan fingerprint density at radius 2 is 2.04 bits per heavy atom. The first-order valence-electron chi connectivity index (χ1n) is 8.20. The standard InChI is InChI=1S/C19H18ClN3O3/c1-11-8-15(5-7-18(11)23(25)26)19-17-10-16(20)6-4-14(17)9-12(2)22(21-19)13(3)24/h4-8,10,12H,9H2,1-3H3/t12-/m1/s1. The number of nitro benzene ring substituents is 1. The van der Waals surface area contributed by atoms with E-state index in [1.165, 1.54) is 18.0 Å². The average molecular weight is 372 g/mol. The van der Waals surface area contributed by atoms with Crippen LogP contribution in [-0.2, 0) is 11.2 Å². The molecular formula is C19H18ClN3O3. The van der Waals surface area contributed by atoms with Gasteiger partial charge >= 0.3 is 0 Å². The van der Waals surface area contributed by atoms with E-state index in [0.29, 0.717) is 28.3 Å². The third-order valence-electron chi connectivity index (χ3n) is 4.46. The number of hydrazone groups is 1. The largest absolute Gasteiger partial charge is 0.273 e. The first kappa shape index (κ1) is 18.1. The van der Waals surface area contributed by atoms with E-state index in [-0.39, 0.29) is 17.6 Å². The van der Waals surface area contributed by atoms with E-state index in [1.54, 1.807) is 19.1 Å². The number of nitrogens with zero attached hydrogens (tertiary/aromatic N) is 3. The summed E-state index contributed by atoms with van der Waals surface area (Å²) in [5.74, 6) is -0.160. The molecule has 0 saturated carbocycles. The van der Waals surface area contributed by atoms with Gasteiger partial charge in [-0.3, -0.25) is 14.9 Å². The molecule has 26 heavy (non-hydrogen) atoms. The van der Waals surface area contributed by atoms with Gasteiger partial charge in [0.15, 0.2) is 0 Å². The first-order chi connectivity index (χ1) is 12.3. The third kappa shape index (κ3) is 3.32. The number of aryl methyl sites for hydroxylation is 1. The summed E-state index contributed by atoms with van der Waals surface area (Å²) in [6, 6.07) is 10.3. The van der Waals surface area contributed by atoms with Crippen molar-refractivity contribution in [2.75, 3.05) is 0 Å². The summed E-state index contributed by atoms with van der Waals surface area (Å²) in [7, 11) is 0. The van der Waals surface area contributed by atoms with E-state index >= 15 is 0 Å². The average Bonchev–Trinajstić information content (AvgIpc) is 2.70. The highest BCUT2D eigenvalue weighted by Crippen LogP contribution is 2.28. The van der Waals surface area contributed by atoms with Gasteiger partial charge in [-0.05, 0) is 50.1 Å². The third-order valence-corrected chi connectivity index (χ3v) is 4.69. The van der Waals surface area contributed by atoms with Crippen molar-refractivity contribution in [3.8, 4) is 0 Å². The highest BCUT2D eigenvalue weighted by molar-refractivity contribution is 6.31. The number of fused-ring (bicyclic) bond motifs is 1. The number of rotatable bonds is 2. The van der Waals surface area contributed by atoms with Crippen LogP contribution < -0.4 is 0 Å². The monoisotopic (exact) mass is 371 g/mol. The Labute approximate surface area is 156 Å². The van der Waals surface area contributed by atoms with Crippen LogP contribution in [0.15, 0.2) is 41.5 Å². The Hall–Kier alpha value is -2.73. The summed E-state index contributed by atoms with van der Waals surface area (Å²) in [6.45, 7) is 5.10. The predicted octanol–water partition coefficient (Wildman–Crippen LogP) is 4.10. The molecule has 1 amide bonds. The number of carbonyl (C=O) groups is 1. The van der Waals surface area contributed by atoms with Crippen molar-refractivity contribution in [2.24, 2.45) is 5.10 Å². The molecule has 0 bridgehead atoms. The van der Waals surface area contributed by atoms with Crippen LogP contribution >= 0.6 is 11.6 Å². The van der Waals surface area contributed by atoms with Gasteiger partial charge in [-0.15, -0.1) is 0 Å². The van der Waals surface area contributed by atoms with Gasteiger partial charge in [0.1, 0.15) is 0 Å². The summed E-state index contributed by atoms with van der Waals surface area (Å²) >= 11 is 6.19. The minimum Gasteiger partial charge on any atom is -0.273 e. The maximum atomic E-state index is 12.1. The van der Waals surface area contributed by atoms with Crippen molar-refractivity contribution >= 4 is 28.9 Å². The molecule has 3 rings (SSSR count). The molecular weight excluding hydrogens is 354 g/mol. The Bertz CT molecular complexity index is 940. The number of halogens is 1. The van der Waals surface area contributed by atoms with Gasteiger partial charge in [0, 0.05) is 34.7 Å². The van der Waals surface area contributed by atoms with Crippen LogP contribution in [-0.4, -0.2) is 27.6 Å². The number of benzene rings is 2. The minimum absolute atomic E-state index is 0.0473. The van der Waals surface area contributed by atoms with Crippen LogP contribution in [0.4, 0.5) is 5.69 Å². The molecule has 7 heteroatoms. The highest BCUT2D eigenvalue weighted by Gasteiger charge is 2.26. The topological polar surface area (TPSA) is 75.8 Å². The molecule has 0 spiro atoms. The zero-order valence-corrected chi connectivity index (χ0v) is 15.4. The number of hydrogen-bond donors (Lipinski definition) is 0. The lowest BCUT2D eigenvalue weighted by Gasteiger charge is -2.21. The van der Waals surface area contributed by atoms with Crippen LogP contribution in [0.3, 0.4) is 0 Å². The summed E-state index contributed by atoms with van der Waals surface area (Å²) in [6.07, 6.45) is 0.644. The van der Waals surface area contributed by atoms with Crippen molar-refractivity contribution in [1.29, 1.82) is 0 Å². The summed E-state index contributed by atoms with van der Waals surface area (Å²) in [5.41, 5.74) is 3.73. The summed E-state index contributed by atoms with van der Waals surface area (Å²) in [4.78, 5) is 22.8. The van der Waals surface area contributed by atoms with E-state index < -0.39 is 4.92 Å². The Balaban J connectivity index is 2.23. The molecule has 0 radical (unpaired) electrons. The van der Waals surface area contributed by atoms with Crippen molar-refractivity contribution in [2.45, 2.75) is 33.2 Å². The van der Waals surface area contributed by atoms with E-state index in [1.807, 2.05) is 25.1 Å². The summed E-state index contributed by atoms with van der Waals surface area (Å²) < 4.78 is 0. The lowest BCUT2D eigenvalue weighted by molar-refractivity contribution is -0.385. The Kier molecular flexibility index (Phi) is 4.78. The fourth-order valence-corrected chi connectivity index (χ4v) is 3.39. The second-order valence-corrected chi connectivity index (χ2v) is 6.86. The predicted molar refractivity (Wildman–Crippen MR) is 101 cm³/mol. The second kappa shape index (κ2) is 6.88. The maximum Gasteiger partial charge on any atom is 0.272 e. The molecule has 1 aliphatic heterocycles. The zero-order chi connectivity index (χ0) is 19.0. The van der Waals surface area contributed by atoms with E-state index in [0.717, 1.165) is 11.1 Å². The van der Waals surface area contributed by atoms with Gasteiger partial charge in [0.2, 0.25) is 5.91 Å². The van der Waals surface area contributed by atoms with Gasteiger partial charge in [0.25, 0.3) is 5.69 Å². The molecule has 1 heterocycles. The quantitative estimate of drug-likeness (QED) is 0.589. The Morgan fingerprint density at radius 1 is 1.31 bits per heavy atom. The normalized spacial score (nSPS) is 16.5. The smallest absolute Gasteiger partial charge is 0.272 e. The molecule has 0 saturated heterocycles. The molecule has 0 aliphatic carbocycles. The number of nitro groups is 1. The lowest BCUT2D eigenvalue weighted by atomic mass is 9.94. The van der Waals surface area contributed by atoms with Crippen molar-refractivity contribution < 1.29 is 9.72 Å². The summed E-state index contributed by atoms with van der Waals surface area (Å²) in [5, 5.41) is 17.7. The maximum absolute atomic E-state index is 12.1. The van der Waals surface area contributed by atoms with Gasteiger partial charge in [0.05, 0.1) is 16.7 Å². The fourth-order valence-electron chi connectivity index (χ4n) is 3.21. The molecule has 2 aromatic rings. The molecule has 2 aromatic carbocycles. The van der Waals surface area contributed by atoms with E-state index in [9.17, 15) is 14.9 Å². The van der Waals surface area contributed by atoms with Gasteiger partial charge in [-0.25, -0.2) is 5.01 Å².